The minimum absolute atomic E-state index is 0.393. The Morgan fingerprint density at radius 1 is 1.25 bits per heavy atom. The summed E-state index contributed by atoms with van der Waals surface area (Å²) >= 11 is 0. The summed E-state index contributed by atoms with van der Waals surface area (Å²) in [6.07, 6.45) is 3.64. The number of rotatable bonds is 7. The fourth-order valence-electron chi connectivity index (χ4n) is 2.68. The first kappa shape index (κ1) is 13.9. The quantitative estimate of drug-likeness (QED) is 0.673. The van der Waals surface area contributed by atoms with Crippen LogP contribution in [-0.4, -0.2) is 49.8 Å². The van der Waals surface area contributed by atoms with E-state index in [1.165, 1.54) is 25.9 Å². The molecule has 0 aromatic carbocycles. The number of ether oxygens (including phenoxy) is 1. The van der Waals surface area contributed by atoms with E-state index in [1.54, 1.807) is 0 Å². The zero-order valence-electron chi connectivity index (χ0n) is 11.2. The minimum Gasteiger partial charge on any atom is -0.382 e. The molecule has 3 nitrogen and oxygen atoms in total. The van der Waals surface area contributed by atoms with E-state index in [2.05, 4.69) is 31.0 Å². The molecule has 0 bridgehead atoms. The van der Waals surface area contributed by atoms with Gasteiger partial charge in [-0.15, -0.1) is 0 Å². The molecule has 0 aliphatic carbocycles. The molecular weight excluding hydrogens is 200 g/mol. The standard InChI is InChI=1S/C13H28N2O/c1-4-13(5-2)12-14-8-10-15(13)9-7-11-16-6-3/h14H,4-12H2,1-3H3. The summed E-state index contributed by atoms with van der Waals surface area (Å²) in [4.78, 5) is 2.67. The van der Waals surface area contributed by atoms with Gasteiger partial charge in [0.1, 0.15) is 0 Å². The van der Waals surface area contributed by atoms with Crippen molar-refractivity contribution >= 4 is 0 Å². The first-order valence-electron chi connectivity index (χ1n) is 6.82. The van der Waals surface area contributed by atoms with Crippen LogP contribution in [-0.2, 0) is 4.74 Å². The summed E-state index contributed by atoms with van der Waals surface area (Å²) in [5.74, 6) is 0. The lowest BCUT2D eigenvalue weighted by atomic mass is 9.88. The van der Waals surface area contributed by atoms with Gasteiger partial charge >= 0.3 is 0 Å². The van der Waals surface area contributed by atoms with E-state index in [0.29, 0.717) is 5.54 Å². The first-order valence-corrected chi connectivity index (χ1v) is 6.82. The summed E-state index contributed by atoms with van der Waals surface area (Å²) in [5.41, 5.74) is 0.393. The smallest absolute Gasteiger partial charge is 0.0478 e. The van der Waals surface area contributed by atoms with Crippen molar-refractivity contribution in [3.05, 3.63) is 0 Å². The third kappa shape index (κ3) is 3.44. The van der Waals surface area contributed by atoms with Crippen molar-refractivity contribution in [3.63, 3.8) is 0 Å². The van der Waals surface area contributed by atoms with Crippen molar-refractivity contribution in [2.45, 2.75) is 45.6 Å². The van der Waals surface area contributed by atoms with Crippen molar-refractivity contribution in [1.29, 1.82) is 0 Å². The molecule has 1 aliphatic rings. The van der Waals surface area contributed by atoms with Gasteiger partial charge in [0, 0.05) is 44.9 Å². The van der Waals surface area contributed by atoms with Crippen molar-refractivity contribution in [2.75, 3.05) is 39.4 Å². The fraction of sp³-hybridized carbons (Fsp3) is 1.00. The van der Waals surface area contributed by atoms with Crippen LogP contribution in [0.2, 0.25) is 0 Å². The molecule has 0 spiro atoms. The molecule has 0 atom stereocenters. The summed E-state index contributed by atoms with van der Waals surface area (Å²) < 4.78 is 5.42. The molecule has 1 fully saturated rings. The first-order chi connectivity index (χ1) is 7.79. The second-order valence-corrected chi connectivity index (χ2v) is 4.65. The van der Waals surface area contributed by atoms with Crippen molar-refractivity contribution in [1.82, 2.24) is 10.2 Å². The SMILES string of the molecule is CCOCCCN1CCNCC1(CC)CC. The van der Waals surface area contributed by atoms with Gasteiger partial charge in [-0.05, 0) is 26.2 Å². The van der Waals surface area contributed by atoms with Crippen molar-refractivity contribution in [3.8, 4) is 0 Å². The van der Waals surface area contributed by atoms with Crippen LogP contribution in [0.15, 0.2) is 0 Å². The van der Waals surface area contributed by atoms with Gasteiger partial charge < -0.3 is 10.1 Å². The van der Waals surface area contributed by atoms with Crippen LogP contribution >= 0.6 is 0 Å². The van der Waals surface area contributed by atoms with E-state index in [1.807, 2.05) is 0 Å². The van der Waals surface area contributed by atoms with Gasteiger partial charge in [-0.3, -0.25) is 4.90 Å². The Kier molecular flexibility index (Phi) is 6.32. The third-order valence-corrected chi connectivity index (χ3v) is 3.92. The maximum Gasteiger partial charge on any atom is 0.0478 e. The molecule has 0 aromatic rings. The van der Waals surface area contributed by atoms with E-state index >= 15 is 0 Å². The molecule has 1 rings (SSSR count). The normalized spacial score (nSPS) is 21.2. The number of nitrogens with zero attached hydrogens (tertiary/aromatic N) is 1. The van der Waals surface area contributed by atoms with E-state index in [9.17, 15) is 0 Å². The molecule has 0 aromatic heterocycles. The molecule has 1 saturated heterocycles. The molecule has 0 amide bonds. The van der Waals surface area contributed by atoms with E-state index in [4.69, 9.17) is 4.74 Å². The molecule has 3 heteroatoms. The predicted molar refractivity (Wildman–Crippen MR) is 68.9 cm³/mol. The Morgan fingerprint density at radius 2 is 2.00 bits per heavy atom. The topological polar surface area (TPSA) is 24.5 Å². The lowest BCUT2D eigenvalue weighted by Crippen LogP contribution is -2.60. The molecule has 0 unspecified atom stereocenters. The van der Waals surface area contributed by atoms with Crippen LogP contribution in [0.5, 0.6) is 0 Å². The minimum atomic E-state index is 0.393. The Labute approximate surface area is 101 Å². The van der Waals surface area contributed by atoms with Crippen LogP contribution in [0, 0.1) is 0 Å². The summed E-state index contributed by atoms with van der Waals surface area (Å²) in [5, 5.41) is 3.54. The van der Waals surface area contributed by atoms with E-state index in [0.717, 1.165) is 32.7 Å². The molecule has 0 radical (unpaired) electrons. The van der Waals surface area contributed by atoms with Crippen LogP contribution in [0.25, 0.3) is 0 Å². The van der Waals surface area contributed by atoms with Gasteiger partial charge in [0.2, 0.25) is 0 Å². The molecule has 1 heterocycles. The van der Waals surface area contributed by atoms with E-state index in [-0.39, 0.29) is 0 Å². The molecule has 16 heavy (non-hydrogen) atoms. The number of nitrogens with one attached hydrogen (secondary N) is 1. The van der Waals surface area contributed by atoms with Gasteiger partial charge in [0.15, 0.2) is 0 Å². The highest BCUT2D eigenvalue weighted by atomic mass is 16.5. The summed E-state index contributed by atoms with van der Waals surface area (Å²) in [6, 6.07) is 0. The third-order valence-electron chi connectivity index (χ3n) is 3.92. The lowest BCUT2D eigenvalue weighted by molar-refractivity contribution is 0.0405. The highest BCUT2D eigenvalue weighted by molar-refractivity contribution is 4.93. The molecular formula is C13H28N2O. The largest absolute Gasteiger partial charge is 0.382 e. The van der Waals surface area contributed by atoms with Crippen molar-refractivity contribution < 1.29 is 4.74 Å². The van der Waals surface area contributed by atoms with Gasteiger partial charge in [-0.25, -0.2) is 0 Å². The monoisotopic (exact) mass is 228 g/mol. The maximum atomic E-state index is 5.42. The highest BCUT2D eigenvalue weighted by Crippen LogP contribution is 2.25. The van der Waals surface area contributed by atoms with Crippen LogP contribution in [0.1, 0.15) is 40.0 Å². The number of hydrogen-bond acceptors (Lipinski definition) is 3. The van der Waals surface area contributed by atoms with Gasteiger partial charge in [0.25, 0.3) is 0 Å². The average molecular weight is 228 g/mol. The molecule has 1 aliphatic heterocycles. The van der Waals surface area contributed by atoms with E-state index < -0.39 is 0 Å². The van der Waals surface area contributed by atoms with Gasteiger partial charge in [-0.2, -0.15) is 0 Å². The van der Waals surface area contributed by atoms with Crippen molar-refractivity contribution in [2.24, 2.45) is 0 Å². The molecule has 1 N–H and O–H groups in total. The number of hydrogen-bond donors (Lipinski definition) is 1. The molecule has 96 valence electrons. The Morgan fingerprint density at radius 3 is 2.62 bits per heavy atom. The number of piperazine rings is 1. The Bertz CT molecular complexity index is 181. The Balaban J connectivity index is 2.40. The zero-order valence-corrected chi connectivity index (χ0v) is 11.2. The molecule has 0 saturated carbocycles. The summed E-state index contributed by atoms with van der Waals surface area (Å²) in [6.45, 7) is 13.1. The van der Waals surface area contributed by atoms with Crippen LogP contribution in [0.3, 0.4) is 0 Å². The fourth-order valence-corrected chi connectivity index (χ4v) is 2.68. The summed E-state index contributed by atoms with van der Waals surface area (Å²) in [7, 11) is 0. The Hall–Kier alpha value is -0.120. The van der Waals surface area contributed by atoms with Crippen LogP contribution < -0.4 is 5.32 Å². The highest BCUT2D eigenvalue weighted by Gasteiger charge is 2.34. The predicted octanol–water partition coefficient (Wildman–Crippen LogP) is 1.88. The maximum absolute atomic E-state index is 5.42. The van der Waals surface area contributed by atoms with Gasteiger partial charge in [-0.1, -0.05) is 13.8 Å². The average Bonchev–Trinajstić information content (AvgIpc) is 2.35. The zero-order chi connectivity index (χ0) is 11.9. The van der Waals surface area contributed by atoms with Crippen LogP contribution in [0.4, 0.5) is 0 Å². The van der Waals surface area contributed by atoms with Gasteiger partial charge in [0.05, 0.1) is 0 Å². The second-order valence-electron chi connectivity index (χ2n) is 4.65. The second kappa shape index (κ2) is 7.25. The lowest BCUT2D eigenvalue weighted by Gasteiger charge is -2.47.